The van der Waals surface area contributed by atoms with Crippen molar-refractivity contribution in [3.63, 3.8) is 0 Å². The Hall–Kier alpha value is -2.95. The van der Waals surface area contributed by atoms with Crippen molar-refractivity contribution in [2.24, 2.45) is 0 Å². The third kappa shape index (κ3) is 2.74. The third-order valence-corrected chi connectivity index (χ3v) is 3.39. The molecule has 1 heterocycles. The van der Waals surface area contributed by atoms with Gasteiger partial charge >= 0.3 is 0 Å². The van der Waals surface area contributed by atoms with Crippen LogP contribution in [0, 0.1) is 0 Å². The van der Waals surface area contributed by atoms with Crippen LogP contribution in [0.25, 0.3) is 11.0 Å². The van der Waals surface area contributed by atoms with Gasteiger partial charge in [0.15, 0.2) is 0 Å². The van der Waals surface area contributed by atoms with Gasteiger partial charge in [-0.3, -0.25) is 4.79 Å². The highest BCUT2D eigenvalue weighted by atomic mass is 16.2. The van der Waals surface area contributed by atoms with Gasteiger partial charge in [-0.1, -0.05) is 41.6 Å². The number of amides is 1. The van der Waals surface area contributed by atoms with Crippen molar-refractivity contribution in [3.05, 3.63) is 67.3 Å². The standard InChI is InChI=1S/C17H16N4O/c1-2-12-20(14-8-4-3-5-9-14)17(22)13-21-16-11-7-6-10-15(16)18-19-21/h2-11H,1,12-13H2. The minimum absolute atomic E-state index is 0.0539. The van der Waals surface area contributed by atoms with Gasteiger partial charge in [-0.15, -0.1) is 11.7 Å². The molecule has 0 aliphatic carbocycles. The number of carbonyl (C=O) groups is 1. The van der Waals surface area contributed by atoms with E-state index in [1.54, 1.807) is 15.7 Å². The summed E-state index contributed by atoms with van der Waals surface area (Å²) in [7, 11) is 0. The average molecular weight is 292 g/mol. The number of fused-ring (bicyclic) bond motifs is 1. The first-order chi connectivity index (χ1) is 10.8. The summed E-state index contributed by atoms with van der Waals surface area (Å²) in [6, 6.07) is 17.1. The number of rotatable bonds is 5. The lowest BCUT2D eigenvalue weighted by Crippen LogP contribution is -2.34. The quantitative estimate of drug-likeness (QED) is 0.679. The van der Waals surface area contributed by atoms with Crippen molar-refractivity contribution in [1.29, 1.82) is 0 Å². The minimum Gasteiger partial charge on any atom is -0.307 e. The van der Waals surface area contributed by atoms with E-state index in [0.29, 0.717) is 6.54 Å². The van der Waals surface area contributed by atoms with Crippen molar-refractivity contribution in [1.82, 2.24) is 15.0 Å². The molecule has 22 heavy (non-hydrogen) atoms. The van der Waals surface area contributed by atoms with Crippen molar-refractivity contribution in [3.8, 4) is 0 Å². The Labute approximate surface area is 128 Å². The van der Waals surface area contributed by atoms with Gasteiger partial charge in [-0.25, -0.2) is 4.68 Å². The first-order valence-electron chi connectivity index (χ1n) is 7.04. The van der Waals surface area contributed by atoms with Crippen LogP contribution in [0.15, 0.2) is 67.3 Å². The monoisotopic (exact) mass is 292 g/mol. The van der Waals surface area contributed by atoms with Crippen molar-refractivity contribution in [2.45, 2.75) is 6.54 Å². The van der Waals surface area contributed by atoms with Crippen LogP contribution in [0.5, 0.6) is 0 Å². The average Bonchev–Trinajstić information content (AvgIpc) is 2.96. The Morgan fingerprint density at radius 2 is 1.86 bits per heavy atom. The number of benzene rings is 2. The van der Waals surface area contributed by atoms with Gasteiger partial charge in [0.1, 0.15) is 12.1 Å². The second-order valence-corrected chi connectivity index (χ2v) is 4.86. The molecule has 0 aliphatic heterocycles. The zero-order chi connectivity index (χ0) is 15.4. The zero-order valence-electron chi connectivity index (χ0n) is 12.1. The molecular formula is C17H16N4O. The topological polar surface area (TPSA) is 51.0 Å². The van der Waals surface area contributed by atoms with Crippen LogP contribution in [0.3, 0.4) is 0 Å². The number of hydrogen-bond donors (Lipinski definition) is 0. The number of aromatic nitrogens is 3. The minimum atomic E-state index is -0.0539. The van der Waals surface area contributed by atoms with E-state index in [1.165, 1.54) is 0 Å². The summed E-state index contributed by atoms with van der Waals surface area (Å²) in [6.07, 6.45) is 1.71. The number of anilines is 1. The molecule has 0 fully saturated rings. The van der Waals surface area contributed by atoms with Crippen LogP contribution >= 0.6 is 0 Å². The first kappa shape index (κ1) is 14.0. The largest absolute Gasteiger partial charge is 0.307 e. The summed E-state index contributed by atoms with van der Waals surface area (Å²) >= 11 is 0. The lowest BCUT2D eigenvalue weighted by Gasteiger charge is -2.21. The van der Waals surface area contributed by atoms with E-state index in [4.69, 9.17) is 0 Å². The highest BCUT2D eigenvalue weighted by molar-refractivity contribution is 5.94. The maximum Gasteiger partial charge on any atom is 0.249 e. The third-order valence-electron chi connectivity index (χ3n) is 3.39. The molecule has 2 aromatic carbocycles. The molecule has 110 valence electrons. The molecule has 0 unspecified atom stereocenters. The van der Waals surface area contributed by atoms with Gasteiger partial charge in [0.05, 0.1) is 5.52 Å². The van der Waals surface area contributed by atoms with Crippen molar-refractivity contribution < 1.29 is 4.79 Å². The molecule has 3 rings (SSSR count). The van der Waals surface area contributed by atoms with Gasteiger partial charge in [0.25, 0.3) is 0 Å². The Morgan fingerprint density at radius 3 is 2.64 bits per heavy atom. The Morgan fingerprint density at radius 1 is 1.14 bits per heavy atom. The highest BCUT2D eigenvalue weighted by Crippen LogP contribution is 2.15. The number of hydrogen-bond acceptors (Lipinski definition) is 3. The van der Waals surface area contributed by atoms with Crippen molar-refractivity contribution >= 4 is 22.6 Å². The summed E-state index contributed by atoms with van der Waals surface area (Å²) in [5.41, 5.74) is 2.48. The Balaban J connectivity index is 1.87. The van der Waals surface area contributed by atoms with E-state index < -0.39 is 0 Å². The maximum atomic E-state index is 12.6. The lowest BCUT2D eigenvalue weighted by atomic mass is 10.2. The van der Waals surface area contributed by atoms with E-state index in [2.05, 4.69) is 16.9 Å². The summed E-state index contributed by atoms with van der Waals surface area (Å²) in [6.45, 7) is 4.32. The number of nitrogens with zero attached hydrogens (tertiary/aromatic N) is 4. The van der Waals surface area contributed by atoms with Gasteiger partial charge in [-0.05, 0) is 24.3 Å². The molecule has 0 saturated heterocycles. The summed E-state index contributed by atoms with van der Waals surface area (Å²) in [5.74, 6) is -0.0539. The molecule has 0 atom stereocenters. The molecule has 1 aromatic heterocycles. The van der Waals surface area contributed by atoms with Gasteiger partial charge in [0, 0.05) is 12.2 Å². The molecule has 1 amide bonds. The predicted molar refractivity (Wildman–Crippen MR) is 86.5 cm³/mol. The van der Waals surface area contributed by atoms with E-state index in [-0.39, 0.29) is 12.5 Å². The van der Waals surface area contributed by atoms with Crippen LogP contribution in [0.1, 0.15) is 0 Å². The molecule has 0 saturated carbocycles. The van der Waals surface area contributed by atoms with Crippen LogP contribution < -0.4 is 4.90 Å². The van der Waals surface area contributed by atoms with E-state index >= 15 is 0 Å². The molecule has 5 heteroatoms. The SMILES string of the molecule is C=CCN(C(=O)Cn1nnc2ccccc21)c1ccccc1. The van der Waals surface area contributed by atoms with Crippen LogP contribution in [-0.4, -0.2) is 27.4 Å². The molecule has 5 nitrogen and oxygen atoms in total. The summed E-state index contributed by atoms with van der Waals surface area (Å²) in [4.78, 5) is 14.3. The normalized spacial score (nSPS) is 10.5. The van der Waals surface area contributed by atoms with Gasteiger partial charge in [-0.2, -0.15) is 0 Å². The smallest absolute Gasteiger partial charge is 0.249 e. The highest BCUT2D eigenvalue weighted by Gasteiger charge is 2.16. The van der Waals surface area contributed by atoms with Crippen LogP contribution in [-0.2, 0) is 11.3 Å². The maximum absolute atomic E-state index is 12.6. The lowest BCUT2D eigenvalue weighted by molar-refractivity contribution is -0.119. The number of carbonyl (C=O) groups excluding carboxylic acids is 1. The van der Waals surface area contributed by atoms with Gasteiger partial charge < -0.3 is 4.90 Å². The molecule has 0 radical (unpaired) electrons. The molecule has 0 aliphatic rings. The van der Waals surface area contributed by atoms with Crippen molar-refractivity contribution in [2.75, 3.05) is 11.4 Å². The van der Waals surface area contributed by atoms with E-state index in [0.717, 1.165) is 16.7 Å². The first-order valence-corrected chi connectivity index (χ1v) is 7.04. The van der Waals surface area contributed by atoms with Gasteiger partial charge in [0.2, 0.25) is 5.91 Å². The fourth-order valence-electron chi connectivity index (χ4n) is 2.34. The second kappa shape index (κ2) is 6.22. The summed E-state index contributed by atoms with van der Waals surface area (Å²) in [5, 5.41) is 8.14. The molecule has 3 aromatic rings. The van der Waals surface area contributed by atoms with Crippen LogP contribution in [0.4, 0.5) is 5.69 Å². The second-order valence-electron chi connectivity index (χ2n) is 4.86. The number of para-hydroxylation sites is 2. The van der Waals surface area contributed by atoms with Crippen LogP contribution in [0.2, 0.25) is 0 Å². The fraction of sp³-hybridized carbons (Fsp3) is 0.118. The zero-order valence-corrected chi connectivity index (χ0v) is 12.1. The van der Waals surface area contributed by atoms with E-state index in [9.17, 15) is 4.79 Å². The molecule has 0 N–H and O–H groups in total. The Kier molecular flexibility index (Phi) is 3.96. The van der Waals surface area contributed by atoms with E-state index in [1.807, 2.05) is 54.6 Å². The summed E-state index contributed by atoms with van der Waals surface area (Å²) < 4.78 is 1.62. The Bertz CT molecular complexity index is 795. The molecule has 0 bridgehead atoms. The predicted octanol–water partition coefficient (Wildman–Crippen LogP) is 2.65. The molecule has 0 spiro atoms. The fourth-order valence-corrected chi connectivity index (χ4v) is 2.34. The molecular weight excluding hydrogens is 276 g/mol.